The summed E-state index contributed by atoms with van der Waals surface area (Å²) in [5, 5.41) is 10.7. The largest absolute Gasteiger partial charge is 0.354 e. The number of amides is 1. The Kier molecular flexibility index (Phi) is 4.53. The molecule has 1 amide bonds. The van der Waals surface area contributed by atoms with Crippen LogP contribution in [0.5, 0.6) is 0 Å². The van der Waals surface area contributed by atoms with Gasteiger partial charge in [-0.25, -0.2) is 4.39 Å². The molecular formula is C20H25FN4O. The quantitative estimate of drug-likeness (QED) is 0.865. The number of halogens is 1. The van der Waals surface area contributed by atoms with E-state index in [1.807, 2.05) is 26.1 Å². The molecule has 2 bridgehead atoms. The molecule has 3 unspecified atom stereocenters. The van der Waals surface area contributed by atoms with Crippen LogP contribution in [-0.4, -0.2) is 34.3 Å². The molecule has 1 aliphatic heterocycles. The molecule has 1 saturated heterocycles. The van der Waals surface area contributed by atoms with Crippen LogP contribution in [-0.2, 0) is 18.3 Å². The predicted molar refractivity (Wildman–Crippen MR) is 98.1 cm³/mol. The van der Waals surface area contributed by atoms with Crippen molar-refractivity contribution in [3.63, 3.8) is 0 Å². The average molecular weight is 356 g/mol. The first kappa shape index (κ1) is 17.2. The molecule has 6 heteroatoms. The van der Waals surface area contributed by atoms with Gasteiger partial charge in [-0.2, -0.15) is 5.10 Å². The number of hydrogen-bond donors (Lipinski definition) is 2. The summed E-state index contributed by atoms with van der Waals surface area (Å²) >= 11 is 0. The van der Waals surface area contributed by atoms with E-state index in [0.29, 0.717) is 30.5 Å². The summed E-state index contributed by atoms with van der Waals surface area (Å²) in [5.41, 5.74) is 3.23. The predicted octanol–water partition coefficient (Wildman–Crippen LogP) is 2.33. The Morgan fingerprint density at radius 2 is 2.23 bits per heavy atom. The number of nitrogens with zero attached hydrogens (tertiary/aromatic N) is 2. The van der Waals surface area contributed by atoms with E-state index in [4.69, 9.17) is 0 Å². The van der Waals surface area contributed by atoms with Gasteiger partial charge in [0.15, 0.2) is 0 Å². The van der Waals surface area contributed by atoms with Crippen molar-refractivity contribution in [2.45, 2.75) is 44.7 Å². The minimum Gasteiger partial charge on any atom is -0.354 e. The minimum atomic E-state index is -0.242. The lowest BCUT2D eigenvalue weighted by atomic mass is 9.99. The van der Waals surface area contributed by atoms with Crippen molar-refractivity contribution >= 4 is 5.91 Å². The molecule has 26 heavy (non-hydrogen) atoms. The van der Waals surface area contributed by atoms with Crippen molar-refractivity contribution in [3.8, 4) is 11.3 Å². The van der Waals surface area contributed by atoms with Crippen LogP contribution in [0.4, 0.5) is 4.39 Å². The molecule has 0 spiro atoms. The fraction of sp³-hybridized carbons (Fsp3) is 0.500. The number of carbonyl (C=O) groups is 1. The van der Waals surface area contributed by atoms with Gasteiger partial charge in [-0.15, -0.1) is 0 Å². The van der Waals surface area contributed by atoms with Crippen LogP contribution in [0, 0.1) is 18.7 Å². The highest BCUT2D eigenvalue weighted by atomic mass is 19.1. The van der Waals surface area contributed by atoms with E-state index in [-0.39, 0.29) is 17.8 Å². The van der Waals surface area contributed by atoms with Crippen LogP contribution >= 0.6 is 0 Å². The zero-order chi connectivity index (χ0) is 18.3. The first-order chi connectivity index (χ1) is 12.5. The Morgan fingerprint density at radius 3 is 2.85 bits per heavy atom. The van der Waals surface area contributed by atoms with Crippen LogP contribution in [0.25, 0.3) is 11.3 Å². The first-order valence-electron chi connectivity index (χ1n) is 9.34. The topological polar surface area (TPSA) is 59.0 Å². The summed E-state index contributed by atoms with van der Waals surface area (Å²) in [7, 11) is 1.85. The summed E-state index contributed by atoms with van der Waals surface area (Å²) in [4.78, 5) is 12.3. The van der Waals surface area contributed by atoms with Gasteiger partial charge in [-0.3, -0.25) is 9.48 Å². The third kappa shape index (κ3) is 3.26. The lowest BCUT2D eigenvalue weighted by Crippen LogP contribution is -2.48. The van der Waals surface area contributed by atoms with Crippen LogP contribution in [0.15, 0.2) is 24.3 Å². The molecular weight excluding hydrogens is 331 g/mol. The van der Waals surface area contributed by atoms with Gasteiger partial charge in [-0.05, 0) is 56.2 Å². The maximum Gasteiger partial charge on any atom is 0.237 e. The zero-order valence-electron chi connectivity index (χ0n) is 15.3. The van der Waals surface area contributed by atoms with Gasteiger partial charge in [0.25, 0.3) is 0 Å². The van der Waals surface area contributed by atoms with E-state index in [1.165, 1.54) is 6.42 Å². The number of benzene rings is 1. The molecule has 1 saturated carbocycles. The molecule has 1 aromatic heterocycles. The molecule has 2 heterocycles. The first-order valence-corrected chi connectivity index (χ1v) is 9.34. The molecule has 2 fully saturated rings. The van der Waals surface area contributed by atoms with Gasteiger partial charge in [0.2, 0.25) is 5.91 Å². The molecule has 3 atom stereocenters. The monoisotopic (exact) mass is 356 g/mol. The zero-order valence-corrected chi connectivity index (χ0v) is 15.3. The molecule has 4 rings (SSSR count). The number of nitrogens with one attached hydrogen (secondary N) is 2. The van der Waals surface area contributed by atoms with E-state index in [2.05, 4.69) is 15.7 Å². The molecule has 1 aliphatic carbocycles. The fourth-order valence-corrected chi connectivity index (χ4v) is 4.37. The SMILES string of the molecule is Cc1cc(-c2ccc(CCNC(=O)C3NC4CCC3C4)c(F)c2)n(C)n1. The lowest BCUT2D eigenvalue weighted by Gasteiger charge is -2.22. The highest BCUT2D eigenvalue weighted by Crippen LogP contribution is 2.35. The van der Waals surface area contributed by atoms with Gasteiger partial charge in [-0.1, -0.05) is 12.1 Å². The van der Waals surface area contributed by atoms with Crippen LogP contribution in [0.2, 0.25) is 0 Å². The number of fused-ring (bicyclic) bond motifs is 2. The second-order valence-electron chi connectivity index (χ2n) is 7.56. The van der Waals surface area contributed by atoms with Crippen molar-refractivity contribution in [3.05, 3.63) is 41.3 Å². The summed E-state index contributed by atoms with van der Waals surface area (Å²) in [5.74, 6) is 0.284. The normalized spacial score (nSPS) is 24.2. The molecule has 1 aromatic carbocycles. The molecule has 2 aliphatic rings. The minimum absolute atomic E-state index is 0.0552. The molecule has 138 valence electrons. The van der Waals surface area contributed by atoms with Crippen molar-refractivity contribution in [2.75, 3.05) is 6.54 Å². The molecule has 2 N–H and O–H groups in total. The maximum atomic E-state index is 14.5. The van der Waals surface area contributed by atoms with E-state index in [9.17, 15) is 9.18 Å². The Labute approximate surface area is 153 Å². The van der Waals surface area contributed by atoms with Gasteiger partial charge in [0.1, 0.15) is 5.82 Å². The highest BCUT2D eigenvalue weighted by Gasteiger charge is 2.42. The van der Waals surface area contributed by atoms with E-state index < -0.39 is 0 Å². The summed E-state index contributed by atoms with van der Waals surface area (Å²) in [6.45, 7) is 2.37. The Morgan fingerprint density at radius 1 is 1.38 bits per heavy atom. The number of carbonyl (C=O) groups excluding carboxylic acids is 1. The number of aromatic nitrogens is 2. The number of rotatable bonds is 5. The standard InChI is InChI=1S/C20H25FN4O/c1-12-9-18(25(2)24-12)14-4-3-13(17(21)11-14)7-8-22-20(26)19-15-5-6-16(10-15)23-19/h3-4,9,11,15-16,19,23H,5-8,10H2,1-2H3,(H,22,26). The maximum absolute atomic E-state index is 14.5. The molecule has 0 radical (unpaired) electrons. The smallest absolute Gasteiger partial charge is 0.237 e. The van der Waals surface area contributed by atoms with Crippen molar-refractivity contribution in [2.24, 2.45) is 13.0 Å². The van der Waals surface area contributed by atoms with Gasteiger partial charge >= 0.3 is 0 Å². The van der Waals surface area contributed by atoms with Crippen LogP contribution in [0.3, 0.4) is 0 Å². The summed E-state index contributed by atoms with van der Waals surface area (Å²) in [6, 6.07) is 7.65. The van der Waals surface area contributed by atoms with Gasteiger partial charge < -0.3 is 10.6 Å². The second kappa shape index (κ2) is 6.83. The Hall–Kier alpha value is -2.21. The molecule has 2 aromatic rings. The van der Waals surface area contributed by atoms with Crippen LogP contribution in [0.1, 0.15) is 30.5 Å². The van der Waals surface area contributed by atoms with Crippen molar-refractivity contribution in [1.82, 2.24) is 20.4 Å². The van der Waals surface area contributed by atoms with Gasteiger partial charge in [0.05, 0.1) is 17.4 Å². The summed E-state index contributed by atoms with van der Waals surface area (Å²) < 4.78 is 16.2. The van der Waals surface area contributed by atoms with Crippen LogP contribution < -0.4 is 10.6 Å². The van der Waals surface area contributed by atoms with Crippen molar-refractivity contribution < 1.29 is 9.18 Å². The average Bonchev–Trinajstić information content (AvgIpc) is 3.31. The number of piperidine rings is 1. The lowest BCUT2D eigenvalue weighted by molar-refractivity contribution is -0.124. The highest BCUT2D eigenvalue weighted by molar-refractivity contribution is 5.82. The Balaban J connectivity index is 1.35. The fourth-order valence-electron chi connectivity index (χ4n) is 4.37. The number of aryl methyl sites for hydroxylation is 2. The third-order valence-electron chi connectivity index (χ3n) is 5.69. The van der Waals surface area contributed by atoms with E-state index in [0.717, 1.165) is 29.8 Å². The van der Waals surface area contributed by atoms with Crippen molar-refractivity contribution in [1.29, 1.82) is 0 Å². The van der Waals surface area contributed by atoms with E-state index >= 15 is 0 Å². The number of hydrogen-bond acceptors (Lipinski definition) is 3. The molecule has 5 nitrogen and oxygen atoms in total. The van der Waals surface area contributed by atoms with Gasteiger partial charge in [0, 0.05) is 25.2 Å². The third-order valence-corrected chi connectivity index (χ3v) is 5.69. The Bertz CT molecular complexity index is 831. The summed E-state index contributed by atoms with van der Waals surface area (Å²) in [6.07, 6.45) is 3.92. The van der Waals surface area contributed by atoms with E-state index in [1.54, 1.807) is 16.8 Å². The second-order valence-corrected chi connectivity index (χ2v) is 7.56.